The normalized spacial score (nSPS) is 10.3. The maximum atomic E-state index is 4.42. The predicted octanol–water partition coefficient (Wildman–Crippen LogP) is 3.69. The first kappa shape index (κ1) is 15.4. The summed E-state index contributed by atoms with van der Waals surface area (Å²) in [6, 6.07) is 9.86. The molecule has 0 aliphatic rings. The highest BCUT2D eigenvalue weighted by Gasteiger charge is 2.04. The number of benzene rings is 1. The molecule has 2 heterocycles. The van der Waals surface area contributed by atoms with Crippen molar-refractivity contribution in [3.8, 4) is 0 Å². The Kier molecular flexibility index (Phi) is 4.77. The van der Waals surface area contributed by atoms with Gasteiger partial charge in [-0.25, -0.2) is 0 Å². The van der Waals surface area contributed by atoms with E-state index in [1.807, 2.05) is 43.5 Å². The van der Waals surface area contributed by atoms with Crippen molar-refractivity contribution in [1.29, 1.82) is 0 Å². The molecule has 2 N–H and O–H groups in total. The second kappa shape index (κ2) is 7.15. The Morgan fingerprint density at radius 2 is 2.09 bits per heavy atom. The quantitative estimate of drug-likeness (QED) is 0.713. The number of hydrogen-bond donors (Lipinski definition) is 2. The zero-order valence-electron chi connectivity index (χ0n) is 12.5. The van der Waals surface area contributed by atoms with Crippen molar-refractivity contribution in [1.82, 2.24) is 20.2 Å². The minimum atomic E-state index is 0.451. The lowest BCUT2D eigenvalue weighted by Crippen LogP contribution is -2.06. The highest BCUT2D eigenvalue weighted by atomic mass is 79.9. The zero-order chi connectivity index (χ0) is 16.1. The van der Waals surface area contributed by atoms with E-state index in [1.54, 1.807) is 12.4 Å². The molecule has 23 heavy (non-hydrogen) atoms. The molecule has 2 aromatic heterocycles. The molecule has 0 aliphatic carbocycles. The molecule has 0 bridgehead atoms. The molecule has 0 radical (unpaired) electrons. The van der Waals surface area contributed by atoms with Gasteiger partial charge in [0.25, 0.3) is 0 Å². The topological polar surface area (TPSA) is 75.6 Å². The van der Waals surface area contributed by atoms with Gasteiger partial charge < -0.3 is 10.6 Å². The molecule has 6 nitrogen and oxygen atoms in total. The molecular weight excluding hydrogens is 356 g/mol. The molecule has 0 saturated carbocycles. The van der Waals surface area contributed by atoms with Crippen LogP contribution >= 0.6 is 15.9 Å². The lowest BCUT2D eigenvalue weighted by molar-refractivity contribution is 0.963. The van der Waals surface area contributed by atoms with Gasteiger partial charge in [0.1, 0.15) is 0 Å². The van der Waals surface area contributed by atoms with E-state index in [2.05, 4.69) is 46.7 Å². The summed E-state index contributed by atoms with van der Waals surface area (Å²) in [6.45, 7) is 2.65. The summed E-state index contributed by atoms with van der Waals surface area (Å²) in [7, 11) is 0. The summed E-state index contributed by atoms with van der Waals surface area (Å²) < 4.78 is 1.03. The Morgan fingerprint density at radius 1 is 1.17 bits per heavy atom. The Labute approximate surface area is 142 Å². The fourth-order valence-corrected chi connectivity index (χ4v) is 2.50. The molecule has 116 valence electrons. The molecule has 0 saturated heterocycles. The van der Waals surface area contributed by atoms with Gasteiger partial charge in [0, 0.05) is 29.1 Å². The van der Waals surface area contributed by atoms with Gasteiger partial charge in [0.15, 0.2) is 5.82 Å². The van der Waals surface area contributed by atoms with E-state index >= 15 is 0 Å². The molecule has 0 spiro atoms. The first-order chi connectivity index (χ1) is 11.2. The number of anilines is 3. The molecule has 0 atom stereocenters. The first-order valence-corrected chi connectivity index (χ1v) is 7.86. The number of halogens is 1. The van der Waals surface area contributed by atoms with Gasteiger partial charge in [0.05, 0.1) is 6.20 Å². The molecule has 3 rings (SSSR count). The smallest absolute Gasteiger partial charge is 0.249 e. The van der Waals surface area contributed by atoms with Crippen LogP contribution in [0, 0.1) is 6.92 Å². The monoisotopic (exact) mass is 370 g/mol. The minimum Gasteiger partial charge on any atom is -0.364 e. The van der Waals surface area contributed by atoms with Crippen LogP contribution in [-0.2, 0) is 6.54 Å². The molecular formula is C16H15BrN6. The average Bonchev–Trinajstić information content (AvgIpc) is 2.57. The van der Waals surface area contributed by atoms with Gasteiger partial charge in [-0.05, 0) is 42.3 Å². The lowest BCUT2D eigenvalue weighted by atomic mass is 10.2. The zero-order valence-corrected chi connectivity index (χ0v) is 14.1. The maximum absolute atomic E-state index is 4.42. The van der Waals surface area contributed by atoms with Crippen LogP contribution in [0.2, 0.25) is 0 Å². The Morgan fingerprint density at radius 3 is 2.87 bits per heavy atom. The summed E-state index contributed by atoms with van der Waals surface area (Å²) in [5, 5.41) is 14.4. The summed E-state index contributed by atoms with van der Waals surface area (Å²) in [4.78, 5) is 8.50. The number of pyridine rings is 1. The molecule has 0 amide bonds. The average molecular weight is 371 g/mol. The van der Waals surface area contributed by atoms with Crippen LogP contribution in [0.15, 0.2) is 53.4 Å². The van der Waals surface area contributed by atoms with Crippen molar-refractivity contribution in [3.63, 3.8) is 0 Å². The third-order valence-electron chi connectivity index (χ3n) is 3.19. The second-order valence-corrected chi connectivity index (χ2v) is 5.88. The standard InChI is InChI=1S/C16H15BrN6/c1-11-7-13(17)4-5-14(11)21-16-22-15(10-20-23-16)19-9-12-3-2-6-18-8-12/h2-8,10H,9H2,1H3,(H2,19,21,22,23). The van der Waals surface area contributed by atoms with Gasteiger partial charge in [-0.1, -0.05) is 22.0 Å². The number of aryl methyl sites for hydroxylation is 1. The summed E-state index contributed by atoms with van der Waals surface area (Å²) in [5.74, 6) is 1.10. The Bertz CT molecular complexity index is 794. The third kappa shape index (κ3) is 4.23. The van der Waals surface area contributed by atoms with Crippen molar-refractivity contribution in [2.24, 2.45) is 0 Å². The van der Waals surface area contributed by atoms with Crippen molar-refractivity contribution < 1.29 is 0 Å². The fourth-order valence-electron chi connectivity index (χ4n) is 2.02. The Hall–Kier alpha value is -2.54. The molecule has 1 aromatic carbocycles. The molecule has 7 heteroatoms. The van der Waals surface area contributed by atoms with Crippen LogP contribution in [0.1, 0.15) is 11.1 Å². The van der Waals surface area contributed by atoms with E-state index in [-0.39, 0.29) is 0 Å². The van der Waals surface area contributed by atoms with Gasteiger partial charge in [-0.2, -0.15) is 10.1 Å². The maximum Gasteiger partial charge on any atom is 0.249 e. The second-order valence-electron chi connectivity index (χ2n) is 4.96. The van der Waals surface area contributed by atoms with Crippen molar-refractivity contribution in [3.05, 3.63) is 64.5 Å². The van der Waals surface area contributed by atoms with Gasteiger partial charge in [-0.15, -0.1) is 5.10 Å². The van der Waals surface area contributed by atoms with Crippen LogP contribution in [0.3, 0.4) is 0 Å². The van der Waals surface area contributed by atoms with Crippen LogP contribution in [0.25, 0.3) is 0 Å². The van der Waals surface area contributed by atoms with E-state index in [0.29, 0.717) is 18.3 Å². The molecule has 0 fully saturated rings. The lowest BCUT2D eigenvalue weighted by Gasteiger charge is -2.09. The summed E-state index contributed by atoms with van der Waals surface area (Å²) in [6.07, 6.45) is 5.15. The van der Waals surface area contributed by atoms with Crippen LogP contribution < -0.4 is 10.6 Å². The van der Waals surface area contributed by atoms with Crippen LogP contribution in [0.5, 0.6) is 0 Å². The van der Waals surface area contributed by atoms with E-state index in [1.165, 1.54) is 0 Å². The summed E-state index contributed by atoms with van der Waals surface area (Å²) >= 11 is 3.45. The van der Waals surface area contributed by atoms with Crippen molar-refractivity contribution in [2.45, 2.75) is 13.5 Å². The highest BCUT2D eigenvalue weighted by molar-refractivity contribution is 9.10. The SMILES string of the molecule is Cc1cc(Br)ccc1Nc1nncc(NCc2cccnc2)n1. The molecule has 0 aliphatic heterocycles. The van der Waals surface area contributed by atoms with E-state index in [9.17, 15) is 0 Å². The van der Waals surface area contributed by atoms with E-state index in [4.69, 9.17) is 0 Å². The number of nitrogens with one attached hydrogen (secondary N) is 2. The van der Waals surface area contributed by atoms with Gasteiger partial charge >= 0.3 is 0 Å². The van der Waals surface area contributed by atoms with E-state index < -0.39 is 0 Å². The van der Waals surface area contributed by atoms with Crippen molar-refractivity contribution in [2.75, 3.05) is 10.6 Å². The number of nitrogens with zero attached hydrogens (tertiary/aromatic N) is 4. The largest absolute Gasteiger partial charge is 0.364 e. The van der Waals surface area contributed by atoms with Crippen LogP contribution in [0.4, 0.5) is 17.5 Å². The van der Waals surface area contributed by atoms with Crippen LogP contribution in [-0.4, -0.2) is 20.2 Å². The fraction of sp³-hybridized carbons (Fsp3) is 0.125. The van der Waals surface area contributed by atoms with Crippen molar-refractivity contribution >= 4 is 33.4 Å². The number of rotatable bonds is 5. The molecule has 0 unspecified atom stereocenters. The summed E-state index contributed by atoms with van der Waals surface area (Å²) in [5.41, 5.74) is 3.11. The van der Waals surface area contributed by atoms with Gasteiger partial charge in [-0.3, -0.25) is 4.98 Å². The number of hydrogen-bond acceptors (Lipinski definition) is 6. The van der Waals surface area contributed by atoms with E-state index in [0.717, 1.165) is 21.3 Å². The number of aromatic nitrogens is 4. The highest BCUT2D eigenvalue weighted by Crippen LogP contribution is 2.22. The van der Waals surface area contributed by atoms with Gasteiger partial charge in [0.2, 0.25) is 5.95 Å². The predicted molar refractivity (Wildman–Crippen MR) is 93.6 cm³/mol. The Balaban J connectivity index is 1.69. The minimum absolute atomic E-state index is 0.451. The molecule has 3 aromatic rings. The first-order valence-electron chi connectivity index (χ1n) is 7.06. The third-order valence-corrected chi connectivity index (χ3v) is 3.68.